The van der Waals surface area contributed by atoms with Gasteiger partial charge in [0, 0.05) is 17.6 Å². The standard InChI is InChI=1S/C15H16N6O3S2/c1-9-7-12(10(2)21(9)11-5-4-6-16-8-11)13(22)17-14-18-19-15(25-14)20-26(3,23)24/h4-8H,1-3H3,(H,19,20)(H,17,18,22). The molecule has 9 nitrogen and oxygen atoms in total. The molecule has 3 rings (SSSR count). The molecule has 0 aliphatic carbocycles. The van der Waals surface area contributed by atoms with Gasteiger partial charge in [0.25, 0.3) is 5.91 Å². The van der Waals surface area contributed by atoms with Crippen LogP contribution in [0.5, 0.6) is 0 Å². The SMILES string of the molecule is Cc1cc(C(=O)Nc2nnc(NS(C)(=O)=O)s2)c(C)n1-c1cccnc1. The van der Waals surface area contributed by atoms with Crippen LogP contribution in [0.4, 0.5) is 10.3 Å². The van der Waals surface area contributed by atoms with Crippen molar-refractivity contribution >= 4 is 37.5 Å². The molecule has 136 valence electrons. The predicted octanol–water partition coefficient (Wildman–Crippen LogP) is 1.96. The molecule has 3 aromatic heterocycles. The van der Waals surface area contributed by atoms with E-state index in [1.807, 2.05) is 30.5 Å². The van der Waals surface area contributed by atoms with Gasteiger partial charge in [-0.2, -0.15) is 0 Å². The van der Waals surface area contributed by atoms with Crippen LogP contribution in [0.25, 0.3) is 5.69 Å². The van der Waals surface area contributed by atoms with E-state index in [1.54, 1.807) is 18.5 Å². The van der Waals surface area contributed by atoms with E-state index in [0.717, 1.165) is 34.7 Å². The molecule has 1 amide bonds. The lowest BCUT2D eigenvalue weighted by Crippen LogP contribution is -2.13. The monoisotopic (exact) mass is 392 g/mol. The van der Waals surface area contributed by atoms with Gasteiger partial charge in [-0.3, -0.25) is 19.8 Å². The van der Waals surface area contributed by atoms with Crippen LogP contribution in [-0.2, 0) is 10.0 Å². The maximum absolute atomic E-state index is 12.6. The zero-order chi connectivity index (χ0) is 18.9. The number of nitrogens with zero attached hydrogens (tertiary/aromatic N) is 4. The van der Waals surface area contributed by atoms with Crippen molar-refractivity contribution in [2.45, 2.75) is 13.8 Å². The van der Waals surface area contributed by atoms with Crippen LogP contribution in [0.3, 0.4) is 0 Å². The van der Waals surface area contributed by atoms with E-state index >= 15 is 0 Å². The van der Waals surface area contributed by atoms with Gasteiger partial charge in [-0.25, -0.2) is 8.42 Å². The number of hydrogen-bond acceptors (Lipinski definition) is 7. The normalized spacial score (nSPS) is 11.3. The Kier molecular flexibility index (Phi) is 4.74. The second kappa shape index (κ2) is 6.84. The summed E-state index contributed by atoms with van der Waals surface area (Å²) in [5.74, 6) is -0.352. The Morgan fingerprint density at radius 3 is 2.62 bits per heavy atom. The number of anilines is 2. The van der Waals surface area contributed by atoms with Crippen LogP contribution in [0, 0.1) is 13.8 Å². The van der Waals surface area contributed by atoms with Crippen molar-refractivity contribution in [1.29, 1.82) is 0 Å². The highest BCUT2D eigenvalue weighted by Crippen LogP contribution is 2.24. The third-order valence-corrected chi connectivity index (χ3v) is 4.95. The van der Waals surface area contributed by atoms with Crippen molar-refractivity contribution in [3.63, 3.8) is 0 Å². The minimum Gasteiger partial charge on any atom is -0.316 e. The second-order valence-corrected chi connectivity index (χ2v) is 8.30. The van der Waals surface area contributed by atoms with Gasteiger partial charge in [-0.05, 0) is 32.0 Å². The summed E-state index contributed by atoms with van der Waals surface area (Å²) in [4.78, 5) is 16.7. The molecule has 0 fully saturated rings. The van der Waals surface area contributed by atoms with E-state index in [4.69, 9.17) is 0 Å². The van der Waals surface area contributed by atoms with E-state index in [0.29, 0.717) is 5.56 Å². The smallest absolute Gasteiger partial charge is 0.259 e. The number of aryl methyl sites for hydroxylation is 1. The molecule has 2 N–H and O–H groups in total. The van der Waals surface area contributed by atoms with E-state index in [1.165, 1.54) is 0 Å². The van der Waals surface area contributed by atoms with Gasteiger partial charge < -0.3 is 4.57 Å². The highest BCUT2D eigenvalue weighted by Gasteiger charge is 2.18. The van der Waals surface area contributed by atoms with Crippen molar-refractivity contribution < 1.29 is 13.2 Å². The quantitative estimate of drug-likeness (QED) is 0.685. The molecule has 0 saturated heterocycles. The number of pyridine rings is 1. The number of amides is 1. The van der Waals surface area contributed by atoms with Gasteiger partial charge in [-0.15, -0.1) is 10.2 Å². The highest BCUT2D eigenvalue weighted by atomic mass is 32.2. The lowest BCUT2D eigenvalue weighted by molar-refractivity contribution is 0.102. The summed E-state index contributed by atoms with van der Waals surface area (Å²) in [6.07, 6.45) is 4.42. The van der Waals surface area contributed by atoms with Gasteiger partial charge in [0.1, 0.15) is 0 Å². The average Bonchev–Trinajstić information content (AvgIpc) is 3.10. The van der Waals surface area contributed by atoms with Crippen LogP contribution in [-0.4, -0.2) is 40.3 Å². The first-order valence-corrected chi connectivity index (χ1v) is 10.2. The van der Waals surface area contributed by atoms with Gasteiger partial charge in [0.2, 0.25) is 20.3 Å². The summed E-state index contributed by atoms with van der Waals surface area (Å²) in [5.41, 5.74) is 2.99. The average molecular weight is 392 g/mol. The molecule has 0 spiro atoms. The van der Waals surface area contributed by atoms with Crippen molar-refractivity contribution in [3.8, 4) is 5.69 Å². The summed E-state index contributed by atoms with van der Waals surface area (Å²) >= 11 is 0.935. The zero-order valence-electron chi connectivity index (χ0n) is 14.2. The molecule has 0 aliphatic heterocycles. The summed E-state index contributed by atoms with van der Waals surface area (Å²) < 4.78 is 26.6. The number of aromatic nitrogens is 4. The molecular weight excluding hydrogens is 376 g/mol. The lowest BCUT2D eigenvalue weighted by Gasteiger charge is -2.09. The van der Waals surface area contributed by atoms with Gasteiger partial charge in [0.05, 0.1) is 23.7 Å². The Labute approximate surface area is 154 Å². The summed E-state index contributed by atoms with van der Waals surface area (Å²) in [5, 5.41) is 10.4. The maximum atomic E-state index is 12.6. The molecule has 26 heavy (non-hydrogen) atoms. The number of carbonyl (C=O) groups is 1. The minimum atomic E-state index is -3.45. The van der Waals surface area contributed by atoms with Crippen molar-refractivity contribution in [3.05, 3.63) is 47.5 Å². The lowest BCUT2D eigenvalue weighted by atomic mass is 10.2. The third kappa shape index (κ3) is 3.89. The van der Waals surface area contributed by atoms with Crippen molar-refractivity contribution in [2.24, 2.45) is 0 Å². The molecule has 11 heteroatoms. The van der Waals surface area contributed by atoms with Gasteiger partial charge in [-0.1, -0.05) is 11.3 Å². The molecule has 0 aliphatic rings. The first-order chi connectivity index (χ1) is 12.2. The molecule has 3 aromatic rings. The molecule has 0 saturated carbocycles. The van der Waals surface area contributed by atoms with E-state index in [9.17, 15) is 13.2 Å². The Hall–Kier alpha value is -2.79. The topological polar surface area (TPSA) is 119 Å². The molecular formula is C15H16N6O3S2. The largest absolute Gasteiger partial charge is 0.316 e. The van der Waals surface area contributed by atoms with Crippen LogP contribution in [0.15, 0.2) is 30.6 Å². The van der Waals surface area contributed by atoms with E-state index in [-0.39, 0.29) is 16.2 Å². The number of hydrogen-bond donors (Lipinski definition) is 2. The predicted molar refractivity (Wildman–Crippen MR) is 99.4 cm³/mol. The Morgan fingerprint density at radius 1 is 1.23 bits per heavy atom. The zero-order valence-corrected chi connectivity index (χ0v) is 15.8. The summed E-state index contributed by atoms with van der Waals surface area (Å²) in [7, 11) is -3.45. The van der Waals surface area contributed by atoms with E-state index < -0.39 is 10.0 Å². The van der Waals surface area contributed by atoms with Crippen LogP contribution in [0.2, 0.25) is 0 Å². The Bertz CT molecular complexity index is 1060. The first kappa shape index (κ1) is 18.0. The molecule has 0 aromatic carbocycles. The Morgan fingerprint density at radius 2 is 1.96 bits per heavy atom. The molecule has 0 unspecified atom stereocenters. The van der Waals surface area contributed by atoms with Crippen LogP contribution >= 0.6 is 11.3 Å². The highest BCUT2D eigenvalue weighted by molar-refractivity contribution is 7.92. The fourth-order valence-corrected chi connectivity index (χ4v) is 3.98. The fraction of sp³-hybridized carbons (Fsp3) is 0.200. The second-order valence-electron chi connectivity index (χ2n) is 5.57. The molecule has 0 atom stereocenters. The van der Waals surface area contributed by atoms with E-state index in [2.05, 4.69) is 25.2 Å². The Balaban J connectivity index is 1.83. The van der Waals surface area contributed by atoms with Gasteiger partial charge in [0.15, 0.2) is 0 Å². The summed E-state index contributed by atoms with van der Waals surface area (Å²) in [6, 6.07) is 5.50. The number of sulfonamides is 1. The van der Waals surface area contributed by atoms with Gasteiger partial charge >= 0.3 is 0 Å². The molecule has 3 heterocycles. The molecule has 0 radical (unpaired) electrons. The van der Waals surface area contributed by atoms with Crippen LogP contribution in [0.1, 0.15) is 21.7 Å². The third-order valence-electron chi connectivity index (χ3n) is 3.50. The number of carbonyl (C=O) groups excluding carboxylic acids is 1. The number of nitrogens with one attached hydrogen (secondary N) is 2. The van der Waals surface area contributed by atoms with Crippen molar-refractivity contribution in [1.82, 2.24) is 19.7 Å². The first-order valence-electron chi connectivity index (χ1n) is 7.46. The molecule has 0 bridgehead atoms. The fourth-order valence-electron chi connectivity index (χ4n) is 2.51. The summed E-state index contributed by atoms with van der Waals surface area (Å²) in [6.45, 7) is 3.74. The van der Waals surface area contributed by atoms with Crippen molar-refractivity contribution in [2.75, 3.05) is 16.3 Å². The van der Waals surface area contributed by atoms with Crippen LogP contribution < -0.4 is 10.0 Å². The minimum absolute atomic E-state index is 0.0867. The maximum Gasteiger partial charge on any atom is 0.259 e. The number of rotatable bonds is 5.